The van der Waals surface area contributed by atoms with Gasteiger partial charge in [-0.15, -0.1) is 0 Å². The second kappa shape index (κ2) is 7.78. The Hall–Kier alpha value is -2.41. The van der Waals surface area contributed by atoms with Crippen molar-refractivity contribution < 1.29 is 8.42 Å². The molecule has 4 aromatic rings. The Kier molecular flexibility index (Phi) is 5.34. The second-order valence-electron chi connectivity index (χ2n) is 6.60. The summed E-state index contributed by atoms with van der Waals surface area (Å²) in [5.74, 6) is 0.742. The van der Waals surface area contributed by atoms with Gasteiger partial charge >= 0.3 is 0 Å². The van der Waals surface area contributed by atoms with Gasteiger partial charge in [0.25, 0.3) is 0 Å². The molecule has 7 heteroatoms. The van der Waals surface area contributed by atoms with E-state index in [9.17, 15) is 8.42 Å². The first-order valence-corrected chi connectivity index (χ1v) is 11.8. The number of halogens is 2. The molecule has 3 aromatic carbocycles. The van der Waals surface area contributed by atoms with E-state index in [2.05, 4.69) is 15.9 Å². The van der Waals surface area contributed by atoms with E-state index in [0.29, 0.717) is 5.02 Å². The van der Waals surface area contributed by atoms with Crippen molar-refractivity contribution in [2.24, 2.45) is 0 Å². The molecule has 146 valence electrons. The van der Waals surface area contributed by atoms with Gasteiger partial charge in [-0.3, -0.25) is 4.57 Å². The van der Waals surface area contributed by atoms with Crippen molar-refractivity contribution in [1.29, 1.82) is 0 Å². The van der Waals surface area contributed by atoms with Gasteiger partial charge in [-0.2, -0.15) is 0 Å². The van der Waals surface area contributed by atoms with Crippen LogP contribution in [0, 0.1) is 0 Å². The Morgan fingerprint density at radius 2 is 1.45 bits per heavy atom. The molecule has 0 unspecified atom stereocenters. The molecule has 0 N–H and O–H groups in total. The number of hydrogen-bond acceptors (Lipinski definition) is 3. The molecular weight excluding hydrogens is 472 g/mol. The van der Waals surface area contributed by atoms with Crippen molar-refractivity contribution >= 4 is 37.4 Å². The molecule has 0 aliphatic heterocycles. The highest BCUT2D eigenvalue weighted by atomic mass is 79.9. The van der Waals surface area contributed by atoms with E-state index >= 15 is 0 Å². The minimum Gasteiger partial charge on any atom is -0.299 e. The van der Waals surface area contributed by atoms with Crippen LogP contribution in [0.25, 0.3) is 28.3 Å². The molecule has 0 aliphatic carbocycles. The number of aromatic nitrogens is 2. The fraction of sp³-hybridized carbons (Fsp3) is 0.0455. The average Bonchev–Trinajstić information content (AvgIpc) is 3.14. The van der Waals surface area contributed by atoms with E-state index < -0.39 is 9.84 Å². The minimum absolute atomic E-state index is 0.280. The van der Waals surface area contributed by atoms with Crippen LogP contribution < -0.4 is 0 Å². The maximum atomic E-state index is 11.8. The van der Waals surface area contributed by atoms with E-state index in [1.807, 2.05) is 59.3 Å². The lowest BCUT2D eigenvalue weighted by molar-refractivity contribution is 0.602. The number of nitrogens with zero attached hydrogens (tertiary/aromatic N) is 2. The monoisotopic (exact) mass is 486 g/mol. The molecular formula is C22H16BrClN2O2S. The highest BCUT2D eigenvalue weighted by molar-refractivity contribution is 9.10. The number of sulfone groups is 1. The van der Waals surface area contributed by atoms with Crippen molar-refractivity contribution in [3.05, 3.63) is 88.5 Å². The first-order valence-electron chi connectivity index (χ1n) is 8.73. The van der Waals surface area contributed by atoms with Gasteiger partial charge in [0.05, 0.1) is 10.6 Å². The van der Waals surface area contributed by atoms with E-state index in [0.717, 1.165) is 32.8 Å². The second-order valence-corrected chi connectivity index (χ2v) is 9.97. The maximum Gasteiger partial charge on any atom is 0.175 e. The van der Waals surface area contributed by atoms with E-state index in [4.69, 9.17) is 16.6 Å². The van der Waals surface area contributed by atoms with Gasteiger partial charge in [-0.05, 0) is 60.7 Å². The third-order valence-corrected chi connectivity index (χ3v) is 6.40. The SMILES string of the molecule is CS(=O)(=O)c1ccc(-n2cc(-c3ccc(Br)cc3)nc2-c2ccc(Cl)cc2)cc1. The summed E-state index contributed by atoms with van der Waals surface area (Å²) < 4.78 is 26.5. The molecule has 1 heterocycles. The Morgan fingerprint density at radius 3 is 2.03 bits per heavy atom. The predicted molar refractivity (Wildman–Crippen MR) is 120 cm³/mol. The van der Waals surface area contributed by atoms with Crippen molar-refractivity contribution in [1.82, 2.24) is 9.55 Å². The topological polar surface area (TPSA) is 52.0 Å². The summed E-state index contributed by atoms with van der Waals surface area (Å²) in [6.07, 6.45) is 3.15. The van der Waals surface area contributed by atoms with E-state index in [-0.39, 0.29) is 4.90 Å². The molecule has 0 radical (unpaired) electrons. The van der Waals surface area contributed by atoms with Crippen molar-refractivity contribution in [2.45, 2.75) is 4.90 Å². The molecule has 0 atom stereocenters. The van der Waals surface area contributed by atoms with Gasteiger partial charge in [-0.25, -0.2) is 13.4 Å². The summed E-state index contributed by atoms with van der Waals surface area (Å²) in [6.45, 7) is 0. The first-order chi connectivity index (χ1) is 13.8. The summed E-state index contributed by atoms with van der Waals surface area (Å²) >= 11 is 9.50. The summed E-state index contributed by atoms with van der Waals surface area (Å²) in [5.41, 5.74) is 3.52. The predicted octanol–water partition coefficient (Wildman–Crippen LogP) is 6.03. The Labute approximate surface area is 182 Å². The summed E-state index contributed by atoms with van der Waals surface area (Å²) in [4.78, 5) is 5.12. The van der Waals surface area contributed by atoms with Gasteiger partial charge in [0, 0.05) is 38.8 Å². The van der Waals surface area contributed by atoms with Crippen LogP contribution in [0.5, 0.6) is 0 Å². The Morgan fingerprint density at radius 1 is 0.862 bits per heavy atom. The molecule has 0 spiro atoms. The van der Waals surface area contributed by atoms with Crippen LogP contribution in [0.3, 0.4) is 0 Å². The van der Waals surface area contributed by atoms with Crippen LogP contribution in [0.15, 0.2) is 88.4 Å². The highest BCUT2D eigenvalue weighted by Crippen LogP contribution is 2.29. The lowest BCUT2D eigenvalue weighted by Gasteiger charge is -2.09. The van der Waals surface area contributed by atoms with Crippen LogP contribution in [0.2, 0.25) is 5.02 Å². The number of rotatable bonds is 4. The third kappa shape index (κ3) is 4.29. The number of benzene rings is 3. The van der Waals surface area contributed by atoms with Gasteiger partial charge in [-0.1, -0.05) is 39.7 Å². The Balaban J connectivity index is 1.86. The van der Waals surface area contributed by atoms with E-state index in [1.165, 1.54) is 6.26 Å². The van der Waals surface area contributed by atoms with Crippen LogP contribution >= 0.6 is 27.5 Å². The summed E-state index contributed by atoms with van der Waals surface area (Å²) in [5, 5.41) is 0.650. The zero-order valence-corrected chi connectivity index (χ0v) is 18.5. The molecule has 0 bridgehead atoms. The number of hydrogen-bond donors (Lipinski definition) is 0. The minimum atomic E-state index is -3.25. The molecule has 4 rings (SSSR count). The third-order valence-electron chi connectivity index (χ3n) is 4.49. The fourth-order valence-corrected chi connectivity index (χ4v) is 4.01. The molecule has 0 amide bonds. The van der Waals surface area contributed by atoms with Gasteiger partial charge in [0.15, 0.2) is 9.84 Å². The van der Waals surface area contributed by atoms with Crippen LogP contribution in [0.1, 0.15) is 0 Å². The van der Waals surface area contributed by atoms with Crippen molar-refractivity contribution in [3.63, 3.8) is 0 Å². The van der Waals surface area contributed by atoms with E-state index in [1.54, 1.807) is 24.3 Å². The average molecular weight is 488 g/mol. The normalized spacial score (nSPS) is 11.6. The number of imidazole rings is 1. The molecule has 29 heavy (non-hydrogen) atoms. The molecule has 1 aromatic heterocycles. The summed E-state index contributed by atoms with van der Waals surface area (Å²) in [6, 6.07) is 22.2. The van der Waals surface area contributed by atoms with Crippen molar-refractivity contribution in [2.75, 3.05) is 6.26 Å². The van der Waals surface area contributed by atoms with Crippen LogP contribution in [-0.2, 0) is 9.84 Å². The smallest absolute Gasteiger partial charge is 0.175 e. The standard InChI is InChI=1S/C22H16BrClN2O2S/c1-29(27,28)20-12-10-19(11-13-20)26-14-21(15-2-6-17(23)7-3-15)25-22(26)16-4-8-18(24)9-5-16/h2-14H,1H3. The molecule has 4 nitrogen and oxygen atoms in total. The zero-order chi connectivity index (χ0) is 20.6. The quantitative estimate of drug-likeness (QED) is 0.353. The Bertz CT molecular complexity index is 1260. The van der Waals surface area contributed by atoms with Gasteiger partial charge < -0.3 is 0 Å². The maximum absolute atomic E-state index is 11.8. The van der Waals surface area contributed by atoms with Gasteiger partial charge in [0.1, 0.15) is 5.82 Å². The van der Waals surface area contributed by atoms with Crippen LogP contribution in [-0.4, -0.2) is 24.2 Å². The highest BCUT2D eigenvalue weighted by Gasteiger charge is 2.14. The zero-order valence-electron chi connectivity index (χ0n) is 15.4. The molecule has 0 saturated carbocycles. The molecule has 0 fully saturated rings. The van der Waals surface area contributed by atoms with Crippen molar-refractivity contribution in [3.8, 4) is 28.3 Å². The van der Waals surface area contributed by atoms with Crippen LogP contribution in [0.4, 0.5) is 0 Å². The first kappa shape index (κ1) is 19.9. The van der Waals surface area contributed by atoms with Gasteiger partial charge in [0.2, 0.25) is 0 Å². The largest absolute Gasteiger partial charge is 0.299 e. The molecule has 0 aliphatic rings. The summed E-state index contributed by atoms with van der Waals surface area (Å²) in [7, 11) is -3.25. The molecule has 0 saturated heterocycles. The lowest BCUT2D eigenvalue weighted by Crippen LogP contribution is -1.99. The fourth-order valence-electron chi connectivity index (χ4n) is 2.99. The lowest BCUT2D eigenvalue weighted by atomic mass is 10.2.